The lowest BCUT2D eigenvalue weighted by molar-refractivity contribution is 0.0601. The van der Waals surface area contributed by atoms with Crippen LogP contribution in [0.2, 0.25) is 0 Å². The van der Waals surface area contributed by atoms with Crippen molar-refractivity contribution >= 4 is 44.9 Å². The van der Waals surface area contributed by atoms with Crippen LogP contribution < -0.4 is 11.5 Å². The highest BCUT2D eigenvalue weighted by atomic mass is 32.2. The molecule has 0 amide bonds. The van der Waals surface area contributed by atoms with Crippen molar-refractivity contribution in [3.05, 3.63) is 117 Å². The van der Waals surface area contributed by atoms with Crippen molar-refractivity contribution in [2.24, 2.45) is 0 Å². The fourth-order valence-corrected chi connectivity index (χ4v) is 9.35. The maximum atomic E-state index is 12.2. The number of carbonyl (C=O) groups excluding carboxylic acids is 1. The summed E-state index contributed by atoms with van der Waals surface area (Å²) < 4.78 is 29.1. The van der Waals surface area contributed by atoms with Gasteiger partial charge in [0.15, 0.2) is 0 Å². The molecule has 2 unspecified atom stereocenters. The Hall–Kier alpha value is -5.16. The van der Waals surface area contributed by atoms with Crippen LogP contribution in [0.5, 0.6) is 0 Å². The molecule has 0 saturated heterocycles. The Balaban J connectivity index is 0.000000198. The molecule has 262 valence electrons. The molecular formula is C41H40N2O6S2. The highest BCUT2D eigenvalue weighted by molar-refractivity contribution is 7.85. The minimum atomic E-state index is -1.05. The Morgan fingerprint density at radius 1 is 0.647 bits per heavy atom. The number of aromatic carboxylic acids is 1. The van der Waals surface area contributed by atoms with Crippen molar-refractivity contribution in [1.82, 2.24) is 0 Å². The number of benzene rings is 4. The van der Waals surface area contributed by atoms with E-state index in [1.807, 2.05) is 36.4 Å². The molecule has 0 bridgehead atoms. The van der Waals surface area contributed by atoms with E-state index >= 15 is 0 Å². The number of fused-ring (bicyclic) bond motifs is 2. The quantitative estimate of drug-likeness (QED) is 0.122. The van der Waals surface area contributed by atoms with E-state index in [-0.39, 0.29) is 22.1 Å². The third-order valence-electron chi connectivity index (χ3n) is 9.17. The molecule has 51 heavy (non-hydrogen) atoms. The standard InChI is InChI=1S/C21H21NO3S.C20H19NO3S/c1-21(2)10-11-26(24)19-9-7-14(12-17(19)21)4-5-15-6-8-16(18(22)13-15)20(23)25-3;1-20(2)9-10-25(24)18-8-6-13(11-16(18)20)3-4-14-5-7-15(19(22)23)17(21)12-14/h6-9,12-13H,10-11,22H2,1-3H3;5-8,11-12H,9-10,21H2,1-2H3,(H,22,23). The first-order valence-electron chi connectivity index (χ1n) is 16.3. The topological polar surface area (TPSA) is 150 Å². The summed E-state index contributed by atoms with van der Waals surface area (Å²) in [6, 6.07) is 21.3. The maximum Gasteiger partial charge on any atom is 0.339 e. The first-order valence-corrected chi connectivity index (χ1v) is 18.9. The molecule has 8 nitrogen and oxygen atoms in total. The van der Waals surface area contributed by atoms with E-state index in [0.29, 0.717) is 28.3 Å². The van der Waals surface area contributed by atoms with E-state index in [4.69, 9.17) is 16.6 Å². The van der Waals surface area contributed by atoms with Crippen molar-refractivity contribution < 1.29 is 27.9 Å². The van der Waals surface area contributed by atoms with Gasteiger partial charge in [-0.1, -0.05) is 51.4 Å². The number of methoxy groups -OCH3 is 1. The molecule has 2 aliphatic heterocycles. The van der Waals surface area contributed by atoms with Crippen LogP contribution in [0.1, 0.15) is 94.6 Å². The third-order valence-corrected chi connectivity index (χ3v) is 12.0. The molecule has 2 heterocycles. The highest BCUT2D eigenvalue weighted by Gasteiger charge is 2.32. The van der Waals surface area contributed by atoms with Gasteiger partial charge in [0.1, 0.15) is 0 Å². The Labute approximate surface area is 303 Å². The number of hydrogen-bond donors (Lipinski definition) is 3. The fourth-order valence-electron chi connectivity index (χ4n) is 5.92. The zero-order chi connectivity index (χ0) is 37.1. The number of hydrogen-bond acceptors (Lipinski definition) is 7. The normalized spacial score (nSPS) is 17.7. The molecule has 6 rings (SSSR count). The molecule has 0 saturated carbocycles. The zero-order valence-corrected chi connectivity index (χ0v) is 30.8. The van der Waals surface area contributed by atoms with Crippen LogP contribution in [-0.2, 0) is 37.2 Å². The maximum absolute atomic E-state index is 12.2. The number of ether oxygens (including phenoxy) is 1. The van der Waals surface area contributed by atoms with Gasteiger partial charge in [0.25, 0.3) is 0 Å². The highest BCUT2D eigenvalue weighted by Crippen LogP contribution is 2.38. The smallest absolute Gasteiger partial charge is 0.339 e. The van der Waals surface area contributed by atoms with Gasteiger partial charge >= 0.3 is 11.9 Å². The number of carboxylic acid groups (broad SMARTS) is 1. The Morgan fingerprint density at radius 2 is 1.02 bits per heavy atom. The summed E-state index contributed by atoms with van der Waals surface area (Å²) in [5.74, 6) is 12.2. The SMILES string of the molecule is CC1(C)CCS(=O)c2ccc(C#Cc3ccc(C(=O)O)c(N)c3)cc21.COC(=O)c1ccc(C#Cc2ccc3c(c2)C(C)(C)CCS3=O)cc1N. The first-order chi connectivity index (χ1) is 24.1. The summed E-state index contributed by atoms with van der Waals surface area (Å²) in [6.45, 7) is 8.66. The summed E-state index contributed by atoms with van der Waals surface area (Å²) in [7, 11) is -0.551. The molecule has 0 spiro atoms. The first kappa shape index (κ1) is 37.1. The monoisotopic (exact) mass is 720 g/mol. The second-order valence-corrected chi connectivity index (χ2v) is 16.8. The number of esters is 1. The summed E-state index contributed by atoms with van der Waals surface area (Å²) in [5.41, 5.74) is 17.8. The lowest BCUT2D eigenvalue weighted by atomic mass is 9.81. The van der Waals surface area contributed by atoms with Crippen molar-refractivity contribution in [3.63, 3.8) is 0 Å². The van der Waals surface area contributed by atoms with Crippen LogP contribution in [0.25, 0.3) is 0 Å². The van der Waals surface area contributed by atoms with Crippen LogP contribution in [0.4, 0.5) is 11.4 Å². The predicted octanol–water partition coefficient (Wildman–Crippen LogP) is 6.40. The molecule has 10 heteroatoms. The van der Waals surface area contributed by atoms with Gasteiger partial charge in [0.2, 0.25) is 0 Å². The minimum absolute atomic E-state index is 0.00642. The molecule has 5 N–H and O–H groups in total. The molecule has 0 aromatic heterocycles. The minimum Gasteiger partial charge on any atom is -0.478 e. The van der Waals surface area contributed by atoms with Crippen molar-refractivity contribution in [2.45, 2.75) is 61.2 Å². The van der Waals surface area contributed by atoms with E-state index in [9.17, 15) is 18.0 Å². The fraction of sp³-hybridized carbons (Fsp3) is 0.268. The van der Waals surface area contributed by atoms with E-state index in [0.717, 1.165) is 50.4 Å². The molecule has 0 fully saturated rings. The number of nitrogens with two attached hydrogens (primary N) is 2. The van der Waals surface area contributed by atoms with Gasteiger partial charge in [-0.05, 0) is 108 Å². The largest absolute Gasteiger partial charge is 0.478 e. The molecule has 0 radical (unpaired) electrons. The summed E-state index contributed by atoms with van der Waals surface area (Å²) >= 11 is 0. The van der Waals surface area contributed by atoms with E-state index < -0.39 is 33.5 Å². The lowest BCUT2D eigenvalue weighted by Crippen LogP contribution is -2.27. The molecule has 0 aliphatic carbocycles. The molecule has 4 aromatic rings. The predicted molar refractivity (Wildman–Crippen MR) is 203 cm³/mol. The van der Waals surface area contributed by atoms with Gasteiger partial charge < -0.3 is 21.3 Å². The average Bonchev–Trinajstić information content (AvgIpc) is 3.10. The van der Waals surface area contributed by atoms with Gasteiger partial charge in [0, 0.05) is 54.9 Å². The number of rotatable bonds is 2. The average molecular weight is 721 g/mol. The zero-order valence-electron chi connectivity index (χ0n) is 29.2. The van der Waals surface area contributed by atoms with Crippen LogP contribution >= 0.6 is 0 Å². The van der Waals surface area contributed by atoms with Crippen molar-refractivity contribution in [1.29, 1.82) is 0 Å². The van der Waals surface area contributed by atoms with Crippen LogP contribution in [0.3, 0.4) is 0 Å². The summed E-state index contributed by atoms with van der Waals surface area (Å²) in [6.07, 6.45) is 1.78. The van der Waals surface area contributed by atoms with Gasteiger partial charge in [-0.2, -0.15) is 0 Å². The van der Waals surface area contributed by atoms with E-state index in [2.05, 4.69) is 56.1 Å². The van der Waals surface area contributed by atoms with Crippen molar-refractivity contribution in [2.75, 3.05) is 30.1 Å². The van der Waals surface area contributed by atoms with Gasteiger partial charge in [-0.3, -0.25) is 8.42 Å². The third kappa shape index (κ3) is 8.42. The Bertz CT molecular complexity index is 2230. The van der Waals surface area contributed by atoms with E-state index in [1.54, 1.807) is 30.3 Å². The van der Waals surface area contributed by atoms with E-state index in [1.165, 1.54) is 13.2 Å². The summed E-state index contributed by atoms with van der Waals surface area (Å²) in [4.78, 5) is 24.4. The number of nitrogen functional groups attached to an aromatic ring is 2. The summed E-state index contributed by atoms with van der Waals surface area (Å²) in [5, 5.41) is 9.01. The number of anilines is 2. The van der Waals surface area contributed by atoms with Crippen molar-refractivity contribution in [3.8, 4) is 23.7 Å². The second kappa shape index (κ2) is 15.0. The van der Waals surface area contributed by atoms with Gasteiger partial charge in [-0.25, -0.2) is 9.59 Å². The second-order valence-electron chi connectivity index (χ2n) is 13.7. The molecule has 2 atom stereocenters. The van der Waals surface area contributed by atoms with Gasteiger partial charge in [-0.15, -0.1) is 0 Å². The Kier molecular flexibility index (Phi) is 10.9. The van der Waals surface area contributed by atoms with Gasteiger partial charge in [0.05, 0.1) is 39.8 Å². The molecule has 4 aromatic carbocycles. The van der Waals surface area contributed by atoms with Crippen LogP contribution in [-0.4, -0.2) is 44.1 Å². The molecular weight excluding hydrogens is 681 g/mol. The van der Waals surface area contributed by atoms with Crippen LogP contribution in [0.15, 0.2) is 82.6 Å². The number of carbonyl (C=O) groups is 2. The molecule has 2 aliphatic rings. The number of carboxylic acids is 1. The Morgan fingerprint density at radius 3 is 1.39 bits per heavy atom. The van der Waals surface area contributed by atoms with Crippen LogP contribution in [0, 0.1) is 23.7 Å². The lowest BCUT2D eigenvalue weighted by Gasteiger charge is -2.31.